The zero-order chi connectivity index (χ0) is 13.5. The lowest BCUT2D eigenvalue weighted by Gasteiger charge is -2.20. The lowest BCUT2D eigenvalue weighted by molar-refractivity contribution is 0.271. The topological polar surface area (TPSA) is 54.2 Å². The van der Waals surface area contributed by atoms with Crippen LogP contribution in [0.4, 0.5) is 5.82 Å². The molecule has 0 saturated carbocycles. The summed E-state index contributed by atoms with van der Waals surface area (Å²) in [5.41, 5.74) is 3.90. The molecule has 1 fully saturated rings. The molecular formula is C15H26N4. The molecule has 0 spiro atoms. The Kier molecular flexibility index (Phi) is 5.61. The Morgan fingerprint density at radius 1 is 1.42 bits per heavy atom. The number of hydrazine groups is 1. The van der Waals surface area contributed by atoms with Crippen LogP contribution < -0.4 is 11.3 Å². The minimum absolute atomic E-state index is 0.746. The van der Waals surface area contributed by atoms with Crippen molar-refractivity contribution in [2.45, 2.75) is 45.6 Å². The summed E-state index contributed by atoms with van der Waals surface area (Å²) in [5.74, 6) is 7.09. The van der Waals surface area contributed by atoms with Gasteiger partial charge in [-0.3, -0.25) is 4.90 Å². The van der Waals surface area contributed by atoms with Crippen LogP contribution in [0.5, 0.6) is 0 Å². The Bertz CT molecular complexity index is 380. The van der Waals surface area contributed by atoms with Crippen LogP contribution in [0.15, 0.2) is 18.3 Å². The van der Waals surface area contributed by atoms with E-state index in [1.807, 2.05) is 12.3 Å². The Balaban J connectivity index is 1.88. The Morgan fingerprint density at radius 2 is 2.32 bits per heavy atom. The number of hydrogen-bond acceptors (Lipinski definition) is 4. The average molecular weight is 262 g/mol. The number of nitrogens with zero attached hydrogens (tertiary/aromatic N) is 2. The van der Waals surface area contributed by atoms with Gasteiger partial charge in [-0.1, -0.05) is 19.8 Å². The van der Waals surface area contributed by atoms with Crippen LogP contribution in [0, 0.1) is 5.92 Å². The second kappa shape index (κ2) is 7.46. The van der Waals surface area contributed by atoms with Crippen LogP contribution in [-0.2, 0) is 6.54 Å². The summed E-state index contributed by atoms with van der Waals surface area (Å²) in [6.07, 6.45) is 8.61. The van der Waals surface area contributed by atoms with E-state index in [0.717, 1.165) is 18.3 Å². The van der Waals surface area contributed by atoms with Crippen molar-refractivity contribution in [2.24, 2.45) is 11.8 Å². The summed E-state index contributed by atoms with van der Waals surface area (Å²) >= 11 is 0. The van der Waals surface area contributed by atoms with E-state index in [2.05, 4.69) is 28.3 Å². The normalized spacial score (nSPS) is 21.1. The average Bonchev–Trinajstić information content (AvgIpc) is 2.65. The van der Waals surface area contributed by atoms with E-state index in [1.165, 1.54) is 50.8 Å². The van der Waals surface area contributed by atoms with Crippen molar-refractivity contribution in [1.29, 1.82) is 0 Å². The van der Waals surface area contributed by atoms with Crippen molar-refractivity contribution in [3.63, 3.8) is 0 Å². The van der Waals surface area contributed by atoms with Crippen molar-refractivity contribution in [2.75, 3.05) is 18.5 Å². The molecule has 1 unspecified atom stereocenters. The van der Waals surface area contributed by atoms with E-state index in [0.29, 0.717) is 0 Å². The van der Waals surface area contributed by atoms with Gasteiger partial charge in [0.15, 0.2) is 0 Å². The third-order valence-electron chi connectivity index (χ3n) is 4.02. The molecule has 106 valence electrons. The van der Waals surface area contributed by atoms with E-state index in [4.69, 9.17) is 5.84 Å². The highest BCUT2D eigenvalue weighted by Gasteiger charge is 2.16. The van der Waals surface area contributed by atoms with Crippen LogP contribution >= 0.6 is 0 Å². The number of aromatic nitrogens is 1. The molecule has 3 N–H and O–H groups in total. The Labute approximate surface area is 116 Å². The van der Waals surface area contributed by atoms with Crippen LogP contribution in [0.2, 0.25) is 0 Å². The lowest BCUT2D eigenvalue weighted by atomic mass is 9.96. The number of anilines is 1. The lowest BCUT2D eigenvalue weighted by Crippen LogP contribution is -2.24. The van der Waals surface area contributed by atoms with Gasteiger partial charge in [0.2, 0.25) is 0 Å². The number of hydrogen-bond donors (Lipinski definition) is 2. The highest BCUT2D eigenvalue weighted by molar-refractivity contribution is 5.35. The molecule has 4 heteroatoms. The van der Waals surface area contributed by atoms with E-state index in [1.54, 1.807) is 0 Å². The summed E-state index contributed by atoms with van der Waals surface area (Å²) < 4.78 is 0. The molecule has 0 bridgehead atoms. The molecule has 4 nitrogen and oxygen atoms in total. The molecule has 1 aromatic heterocycles. The van der Waals surface area contributed by atoms with Gasteiger partial charge in [-0.2, -0.15) is 0 Å². The van der Waals surface area contributed by atoms with Crippen molar-refractivity contribution in [3.8, 4) is 0 Å². The van der Waals surface area contributed by atoms with E-state index in [9.17, 15) is 0 Å². The fraction of sp³-hybridized carbons (Fsp3) is 0.667. The Hall–Kier alpha value is -1.13. The Morgan fingerprint density at radius 3 is 3.11 bits per heavy atom. The highest BCUT2D eigenvalue weighted by atomic mass is 15.2. The van der Waals surface area contributed by atoms with E-state index in [-0.39, 0.29) is 0 Å². The molecule has 1 aliphatic heterocycles. The molecule has 1 atom stereocenters. The zero-order valence-corrected chi connectivity index (χ0v) is 11.9. The van der Waals surface area contributed by atoms with Gasteiger partial charge >= 0.3 is 0 Å². The van der Waals surface area contributed by atoms with Crippen LogP contribution in [0.3, 0.4) is 0 Å². The second-order valence-corrected chi connectivity index (χ2v) is 5.56. The predicted molar refractivity (Wildman–Crippen MR) is 79.6 cm³/mol. The molecule has 0 aromatic carbocycles. The summed E-state index contributed by atoms with van der Waals surface area (Å²) in [6, 6.07) is 4.11. The van der Waals surface area contributed by atoms with E-state index < -0.39 is 0 Å². The van der Waals surface area contributed by atoms with Crippen molar-refractivity contribution in [1.82, 2.24) is 9.88 Å². The zero-order valence-electron chi connectivity index (χ0n) is 11.9. The maximum Gasteiger partial charge on any atom is 0.140 e. The fourth-order valence-corrected chi connectivity index (χ4v) is 2.99. The molecule has 1 aliphatic rings. The van der Waals surface area contributed by atoms with Gasteiger partial charge in [-0.05, 0) is 56.0 Å². The largest absolute Gasteiger partial charge is 0.308 e. The van der Waals surface area contributed by atoms with Gasteiger partial charge in [0, 0.05) is 12.7 Å². The standard InChI is InChI=1S/C15H26N4/c1-2-4-13-5-3-9-19(10-7-13)12-14-6-8-17-15(11-14)18-16/h6,8,11,13H,2-5,7,9-10,12,16H2,1H3,(H,17,18). The molecule has 2 rings (SSSR count). The first-order chi connectivity index (χ1) is 9.31. The van der Waals surface area contributed by atoms with Gasteiger partial charge in [-0.25, -0.2) is 10.8 Å². The predicted octanol–water partition coefficient (Wildman–Crippen LogP) is 2.77. The van der Waals surface area contributed by atoms with Crippen molar-refractivity contribution >= 4 is 5.82 Å². The minimum atomic E-state index is 0.746. The first-order valence-electron chi connectivity index (χ1n) is 7.45. The summed E-state index contributed by atoms with van der Waals surface area (Å²) in [7, 11) is 0. The second-order valence-electron chi connectivity index (χ2n) is 5.56. The molecule has 0 radical (unpaired) electrons. The maximum atomic E-state index is 5.40. The number of pyridine rings is 1. The molecule has 1 aromatic rings. The molecular weight excluding hydrogens is 236 g/mol. The molecule has 2 heterocycles. The summed E-state index contributed by atoms with van der Waals surface area (Å²) in [5, 5.41) is 0. The van der Waals surface area contributed by atoms with Crippen LogP contribution in [-0.4, -0.2) is 23.0 Å². The van der Waals surface area contributed by atoms with Crippen LogP contribution in [0.25, 0.3) is 0 Å². The van der Waals surface area contributed by atoms with Crippen LogP contribution in [0.1, 0.15) is 44.6 Å². The quantitative estimate of drug-likeness (QED) is 0.633. The molecule has 0 amide bonds. The third kappa shape index (κ3) is 4.48. The highest BCUT2D eigenvalue weighted by Crippen LogP contribution is 2.23. The smallest absolute Gasteiger partial charge is 0.140 e. The van der Waals surface area contributed by atoms with Gasteiger partial charge < -0.3 is 5.43 Å². The van der Waals surface area contributed by atoms with Crippen molar-refractivity contribution in [3.05, 3.63) is 23.9 Å². The fourth-order valence-electron chi connectivity index (χ4n) is 2.99. The summed E-state index contributed by atoms with van der Waals surface area (Å²) in [6.45, 7) is 5.74. The molecule has 0 aliphatic carbocycles. The van der Waals surface area contributed by atoms with Gasteiger partial charge in [-0.15, -0.1) is 0 Å². The third-order valence-corrected chi connectivity index (χ3v) is 4.02. The van der Waals surface area contributed by atoms with E-state index >= 15 is 0 Å². The maximum absolute atomic E-state index is 5.40. The van der Waals surface area contributed by atoms with Gasteiger partial charge in [0.25, 0.3) is 0 Å². The minimum Gasteiger partial charge on any atom is -0.308 e. The number of nitrogens with one attached hydrogen (secondary N) is 1. The molecule has 19 heavy (non-hydrogen) atoms. The summed E-state index contributed by atoms with van der Waals surface area (Å²) in [4.78, 5) is 6.71. The monoisotopic (exact) mass is 262 g/mol. The number of rotatable bonds is 5. The number of likely N-dealkylation sites (tertiary alicyclic amines) is 1. The molecule has 1 saturated heterocycles. The van der Waals surface area contributed by atoms with Crippen molar-refractivity contribution < 1.29 is 0 Å². The van der Waals surface area contributed by atoms with Gasteiger partial charge in [0.1, 0.15) is 5.82 Å². The number of nitrogens with two attached hydrogens (primary N) is 1. The first-order valence-corrected chi connectivity index (χ1v) is 7.45. The SMILES string of the molecule is CCCC1CCCN(Cc2ccnc(NN)c2)CC1. The van der Waals surface area contributed by atoms with Gasteiger partial charge in [0.05, 0.1) is 0 Å². The number of nitrogen functional groups attached to an aromatic ring is 1. The first kappa shape index (κ1) is 14.3.